The summed E-state index contributed by atoms with van der Waals surface area (Å²) < 4.78 is 19.2. The number of ether oxygens (including phenoxy) is 1. The summed E-state index contributed by atoms with van der Waals surface area (Å²) in [4.78, 5) is 2.26. The standard InChI is InChI=1S/C28H26BNO3/c1-27(2)28(3,4)33-29(32-27)20-15-17-25-24(18-20)30(21-11-6-5-7-12-21)23-16-14-19-10-8-9-13-22(19)26(23)31-25/h5-18H,1-4H3. The fourth-order valence-electron chi connectivity index (χ4n) is 4.53. The SMILES string of the molecule is CC1(C)OB(c2ccc3c(c2)N(c2ccccc2)c2ccc4ccccc4c2O3)OC1(C)C. The fraction of sp³-hybridized carbons (Fsp3) is 0.214. The average Bonchev–Trinajstić information content (AvgIpc) is 3.04. The van der Waals surface area contributed by atoms with Crippen molar-refractivity contribution in [3.05, 3.63) is 84.9 Å². The summed E-state index contributed by atoms with van der Waals surface area (Å²) in [7, 11) is -0.434. The molecular formula is C28H26BNO3. The van der Waals surface area contributed by atoms with Crippen LogP contribution in [0.25, 0.3) is 10.8 Å². The third-order valence-electron chi connectivity index (χ3n) is 7.08. The molecule has 0 bridgehead atoms. The van der Waals surface area contributed by atoms with Crippen LogP contribution in [0.5, 0.6) is 11.5 Å². The van der Waals surface area contributed by atoms with Crippen LogP contribution in [0.4, 0.5) is 17.1 Å². The van der Waals surface area contributed by atoms with Crippen LogP contribution in [-0.2, 0) is 9.31 Å². The zero-order chi connectivity index (χ0) is 22.8. The molecular weight excluding hydrogens is 409 g/mol. The van der Waals surface area contributed by atoms with Gasteiger partial charge in [-0.25, -0.2) is 0 Å². The molecule has 0 aromatic heterocycles. The van der Waals surface area contributed by atoms with Crippen molar-refractivity contribution in [2.45, 2.75) is 38.9 Å². The van der Waals surface area contributed by atoms with Crippen molar-refractivity contribution in [3.8, 4) is 11.5 Å². The lowest BCUT2D eigenvalue weighted by Gasteiger charge is -2.34. The highest BCUT2D eigenvalue weighted by atomic mass is 16.7. The van der Waals surface area contributed by atoms with Gasteiger partial charge in [-0.05, 0) is 68.9 Å². The van der Waals surface area contributed by atoms with E-state index in [1.165, 1.54) is 0 Å². The van der Waals surface area contributed by atoms with Crippen molar-refractivity contribution >= 4 is 40.4 Å². The van der Waals surface area contributed by atoms with Crippen molar-refractivity contribution < 1.29 is 14.0 Å². The van der Waals surface area contributed by atoms with Gasteiger partial charge in [-0.3, -0.25) is 0 Å². The van der Waals surface area contributed by atoms with E-state index < -0.39 is 18.3 Å². The minimum Gasteiger partial charge on any atom is -0.452 e. The molecule has 0 spiro atoms. The van der Waals surface area contributed by atoms with Gasteiger partial charge in [0.25, 0.3) is 0 Å². The van der Waals surface area contributed by atoms with Gasteiger partial charge in [0.1, 0.15) is 0 Å². The predicted molar refractivity (Wildman–Crippen MR) is 134 cm³/mol. The number of anilines is 3. The Morgan fingerprint density at radius 1 is 0.697 bits per heavy atom. The molecule has 2 aliphatic heterocycles. The summed E-state index contributed by atoms with van der Waals surface area (Å²) in [5, 5.41) is 2.25. The average molecular weight is 435 g/mol. The summed E-state index contributed by atoms with van der Waals surface area (Å²) >= 11 is 0. The van der Waals surface area contributed by atoms with Gasteiger partial charge in [0.15, 0.2) is 11.5 Å². The Morgan fingerprint density at radius 3 is 2.15 bits per heavy atom. The molecule has 0 amide bonds. The van der Waals surface area contributed by atoms with Crippen LogP contribution in [0, 0.1) is 0 Å². The molecule has 1 fully saturated rings. The van der Waals surface area contributed by atoms with Crippen LogP contribution in [0.15, 0.2) is 84.9 Å². The Hall–Kier alpha value is -3.28. The Kier molecular flexibility index (Phi) is 4.38. The van der Waals surface area contributed by atoms with E-state index in [1.54, 1.807) is 0 Å². The lowest BCUT2D eigenvalue weighted by Crippen LogP contribution is -2.41. The third kappa shape index (κ3) is 3.15. The third-order valence-corrected chi connectivity index (χ3v) is 7.08. The summed E-state index contributed by atoms with van der Waals surface area (Å²) in [6.07, 6.45) is 0. The molecule has 0 aliphatic carbocycles. The van der Waals surface area contributed by atoms with E-state index in [-0.39, 0.29) is 0 Å². The number of hydrogen-bond donors (Lipinski definition) is 0. The van der Waals surface area contributed by atoms with Crippen molar-refractivity contribution in [1.82, 2.24) is 0 Å². The van der Waals surface area contributed by atoms with E-state index in [2.05, 4.69) is 99.3 Å². The van der Waals surface area contributed by atoms with Crippen LogP contribution in [0.2, 0.25) is 0 Å². The first-order chi connectivity index (χ1) is 15.8. The van der Waals surface area contributed by atoms with E-state index in [4.69, 9.17) is 14.0 Å². The van der Waals surface area contributed by atoms with E-state index >= 15 is 0 Å². The smallest absolute Gasteiger partial charge is 0.452 e. The van der Waals surface area contributed by atoms with Gasteiger partial charge < -0.3 is 18.9 Å². The highest BCUT2D eigenvalue weighted by Gasteiger charge is 2.52. The maximum atomic E-state index is 6.52. The molecule has 4 aromatic carbocycles. The molecule has 0 radical (unpaired) electrons. The molecule has 0 N–H and O–H groups in total. The first-order valence-electron chi connectivity index (χ1n) is 11.4. The molecule has 4 aromatic rings. The highest BCUT2D eigenvalue weighted by molar-refractivity contribution is 6.62. The minimum absolute atomic E-state index is 0.394. The van der Waals surface area contributed by atoms with Crippen LogP contribution in [-0.4, -0.2) is 18.3 Å². The second-order valence-electron chi connectivity index (χ2n) is 9.72. The zero-order valence-corrected chi connectivity index (χ0v) is 19.3. The Balaban J connectivity index is 1.52. The summed E-state index contributed by atoms with van der Waals surface area (Å²) in [6, 6.07) is 29.2. The van der Waals surface area contributed by atoms with Crippen molar-refractivity contribution in [2.75, 3.05) is 4.90 Å². The number of nitrogens with zero attached hydrogens (tertiary/aromatic N) is 1. The summed E-state index contributed by atoms with van der Waals surface area (Å²) in [6.45, 7) is 8.30. The first-order valence-corrected chi connectivity index (χ1v) is 11.4. The van der Waals surface area contributed by atoms with Gasteiger partial charge in [-0.2, -0.15) is 0 Å². The van der Waals surface area contributed by atoms with E-state index in [0.717, 1.165) is 44.8 Å². The molecule has 0 atom stereocenters. The molecule has 0 saturated carbocycles. The number of rotatable bonds is 2. The molecule has 6 rings (SSSR count). The first kappa shape index (κ1) is 20.3. The lowest BCUT2D eigenvalue weighted by atomic mass is 9.78. The van der Waals surface area contributed by atoms with Gasteiger partial charge in [-0.1, -0.05) is 54.6 Å². The maximum Gasteiger partial charge on any atom is 0.494 e. The van der Waals surface area contributed by atoms with Crippen molar-refractivity contribution in [1.29, 1.82) is 0 Å². The van der Waals surface area contributed by atoms with Gasteiger partial charge in [0.2, 0.25) is 0 Å². The quantitative estimate of drug-likeness (QED) is 0.288. The van der Waals surface area contributed by atoms with E-state index in [9.17, 15) is 0 Å². The second kappa shape index (κ2) is 7.11. The molecule has 33 heavy (non-hydrogen) atoms. The number of para-hydroxylation sites is 1. The molecule has 164 valence electrons. The Bertz CT molecular complexity index is 1350. The Morgan fingerprint density at radius 2 is 1.39 bits per heavy atom. The van der Waals surface area contributed by atoms with Crippen molar-refractivity contribution in [3.63, 3.8) is 0 Å². The topological polar surface area (TPSA) is 30.9 Å². The van der Waals surface area contributed by atoms with E-state index in [0.29, 0.717) is 0 Å². The Labute approximate surface area is 194 Å². The summed E-state index contributed by atoms with van der Waals surface area (Å²) in [5.74, 6) is 1.68. The highest BCUT2D eigenvalue weighted by Crippen LogP contribution is 2.52. The van der Waals surface area contributed by atoms with Crippen LogP contribution in [0.1, 0.15) is 27.7 Å². The number of benzene rings is 4. The molecule has 2 heterocycles. The minimum atomic E-state index is -0.434. The monoisotopic (exact) mass is 435 g/mol. The van der Waals surface area contributed by atoms with Gasteiger partial charge in [-0.15, -0.1) is 0 Å². The number of fused-ring (bicyclic) bond motifs is 4. The van der Waals surface area contributed by atoms with E-state index in [1.807, 2.05) is 18.2 Å². The maximum absolute atomic E-state index is 6.52. The van der Waals surface area contributed by atoms with Crippen LogP contribution >= 0.6 is 0 Å². The normalized spacial score (nSPS) is 18.1. The van der Waals surface area contributed by atoms with Gasteiger partial charge in [0, 0.05) is 11.1 Å². The largest absolute Gasteiger partial charge is 0.494 e. The lowest BCUT2D eigenvalue weighted by molar-refractivity contribution is 0.00578. The predicted octanol–water partition coefficient (Wildman–Crippen LogP) is 6.71. The molecule has 4 nitrogen and oxygen atoms in total. The van der Waals surface area contributed by atoms with Crippen LogP contribution in [0.3, 0.4) is 0 Å². The van der Waals surface area contributed by atoms with Gasteiger partial charge >= 0.3 is 7.12 Å². The molecule has 5 heteroatoms. The molecule has 2 aliphatic rings. The zero-order valence-electron chi connectivity index (χ0n) is 19.3. The fourth-order valence-corrected chi connectivity index (χ4v) is 4.53. The van der Waals surface area contributed by atoms with Gasteiger partial charge in [0.05, 0.1) is 22.6 Å². The molecule has 0 unspecified atom stereocenters. The van der Waals surface area contributed by atoms with Crippen molar-refractivity contribution in [2.24, 2.45) is 0 Å². The van der Waals surface area contributed by atoms with Crippen LogP contribution < -0.4 is 15.1 Å². The second-order valence-corrected chi connectivity index (χ2v) is 9.72. The number of hydrogen-bond acceptors (Lipinski definition) is 4. The summed E-state index contributed by atoms with van der Waals surface area (Å²) in [5.41, 5.74) is 3.24. The molecule has 1 saturated heterocycles.